The summed E-state index contributed by atoms with van der Waals surface area (Å²) in [5, 5.41) is 3.78. The largest absolute Gasteiger partial charge is 0.337 e. The van der Waals surface area contributed by atoms with Crippen LogP contribution in [0.25, 0.3) is 0 Å². The van der Waals surface area contributed by atoms with E-state index in [1.54, 1.807) is 0 Å². The molecule has 19 heavy (non-hydrogen) atoms. The average molecular weight is 262 g/mol. The van der Waals surface area contributed by atoms with Gasteiger partial charge < -0.3 is 9.88 Å². The first-order chi connectivity index (χ1) is 9.17. The summed E-state index contributed by atoms with van der Waals surface area (Å²) in [4.78, 5) is 6.77. The first-order valence-electron chi connectivity index (χ1n) is 7.62. The van der Waals surface area contributed by atoms with Crippen molar-refractivity contribution in [2.75, 3.05) is 19.6 Å². The van der Waals surface area contributed by atoms with Crippen molar-refractivity contribution in [1.29, 1.82) is 0 Å². The Labute approximate surface area is 116 Å². The fraction of sp³-hybridized carbons (Fsp3) is 0.800. The molecule has 3 rings (SSSR count). The van der Waals surface area contributed by atoms with Gasteiger partial charge in [0.25, 0.3) is 0 Å². The maximum Gasteiger partial charge on any atom is 0.0945 e. The molecule has 2 atom stereocenters. The second kappa shape index (κ2) is 5.25. The fourth-order valence-corrected chi connectivity index (χ4v) is 3.31. The molecule has 0 bridgehead atoms. The minimum absolute atomic E-state index is 0.363. The molecule has 4 nitrogen and oxygen atoms in total. The van der Waals surface area contributed by atoms with Gasteiger partial charge in [-0.3, -0.25) is 4.90 Å². The zero-order chi connectivity index (χ0) is 13.3. The van der Waals surface area contributed by atoms with E-state index in [2.05, 4.69) is 39.8 Å². The van der Waals surface area contributed by atoms with Crippen molar-refractivity contribution < 1.29 is 0 Å². The molecule has 1 aromatic rings. The van der Waals surface area contributed by atoms with Crippen molar-refractivity contribution in [2.24, 2.45) is 5.92 Å². The minimum Gasteiger partial charge on any atom is -0.337 e. The zero-order valence-electron chi connectivity index (χ0n) is 12.2. The maximum absolute atomic E-state index is 4.10. The number of nitrogens with zero attached hydrogens (tertiary/aromatic N) is 3. The molecule has 1 aromatic heterocycles. The molecule has 2 unspecified atom stereocenters. The molecule has 2 aliphatic rings. The van der Waals surface area contributed by atoms with Crippen LogP contribution in [0, 0.1) is 5.92 Å². The van der Waals surface area contributed by atoms with Gasteiger partial charge in [0.15, 0.2) is 0 Å². The molecule has 1 saturated heterocycles. The second-order valence-corrected chi connectivity index (χ2v) is 6.55. The standard InChI is InChI=1S/C15H26N4/c1-13-10-17-15(2,14-4-5-14)11-19(13)8-3-7-18-9-6-16-12-18/h6,9,12-14,17H,3-5,7-8,10-11H2,1-2H3. The Kier molecular flexibility index (Phi) is 3.63. The van der Waals surface area contributed by atoms with Crippen LogP contribution in [0.5, 0.6) is 0 Å². The van der Waals surface area contributed by atoms with E-state index in [4.69, 9.17) is 0 Å². The number of nitrogens with one attached hydrogen (secondary N) is 1. The van der Waals surface area contributed by atoms with E-state index in [1.807, 2.05) is 12.5 Å². The quantitative estimate of drug-likeness (QED) is 0.877. The summed E-state index contributed by atoms with van der Waals surface area (Å²) in [7, 11) is 0. The monoisotopic (exact) mass is 262 g/mol. The van der Waals surface area contributed by atoms with Crippen molar-refractivity contribution in [3.63, 3.8) is 0 Å². The lowest BCUT2D eigenvalue weighted by Crippen LogP contribution is -2.63. The summed E-state index contributed by atoms with van der Waals surface area (Å²) in [5.41, 5.74) is 0.363. The Balaban J connectivity index is 1.50. The predicted molar refractivity (Wildman–Crippen MR) is 77.0 cm³/mol. The molecule has 0 aromatic carbocycles. The number of imidazole rings is 1. The number of aryl methyl sites for hydroxylation is 1. The number of piperazine rings is 1. The zero-order valence-corrected chi connectivity index (χ0v) is 12.2. The van der Waals surface area contributed by atoms with Crippen LogP contribution in [0.4, 0.5) is 0 Å². The van der Waals surface area contributed by atoms with E-state index in [1.165, 1.54) is 32.4 Å². The van der Waals surface area contributed by atoms with Gasteiger partial charge in [-0.05, 0) is 39.0 Å². The lowest BCUT2D eigenvalue weighted by molar-refractivity contribution is 0.0813. The molecule has 106 valence electrons. The van der Waals surface area contributed by atoms with E-state index >= 15 is 0 Å². The average Bonchev–Trinajstić information content (AvgIpc) is 3.14. The van der Waals surface area contributed by atoms with Crippen molar-refractivity contribution in [1.82, 2.24) is 19.8 Å². The van der Waals surface area contributed by atoms with E-state index in [-0.39, 0.29) is 0 Å². The predicted octanol–water partition coefficient (Wildman–Crippen LogP) is 1.74. The van der Waals surface area contributed by atoms with E-state index in [9.17, 15) is 0 Å². The van der Waals surface area contributed by atoms with Crippen molar-refractivity contribution in [3.8, 4) is 0 Å². The van der Waals surface area contributed by atoms with Crippen LogP contribution in [-0.4, -0.2) is 45.7 Å². The summed E-state index contributed by atoms with van der Waals surface area (Å²) < 4.78 is 2.17. The minimum atomic E-state index is 0.363. The van der Waals surface area contributed by atoms with E-state index < -0.39 is 0 Å². The summed E-state index contributed by atoms with van der Waals surface area (Å²) in [5.74, 6) is 0.913. The highest BCUT2D eigenvalue weighted by Crippen LogP contribution is 2.41. The molecule has 1 saturated carbocycles. The fourth-order valence-electron chi connectivity index (χ4n) is 3.31. The van der Waals surface area contributed by atoms with Gasteiger partial charge in [-0.1, -0.05) is 0 Å². The van der Waals surface area contributed by atoms with Crippen LogP contribution in [0.1, 0.15) is 33.1 Å². The molecule has 2 fully saturated rings. The Morgan fingerprint density at radius 1 is 1.37 bits per heavy atom. The summed E-state index contributed by atoms with van der Waals surface area (Å²) >= 11 is 0. The van der Waals surface area contributed by atoms with Gasteiger partial charge in [0.05, 0.1) is 6.33 Å². The molecular weight excluding hydrogens is 236 g/mol. The molecule has 1 aliphatic carbocycles. The number of rotatable bonds is 5. The highest BCUT2D eigenvalue weighted by molar-refractivity contribution is 5.03. The van der Waals surface area contributed by atoms with Gasteiger partial charge in [-0.15, -0.1) is 0 Å². The van der Waals surface area contributed by atoms with Crippen LogP contribution in [-0.2, 0) is 6.54 Å². The van der Waals surface area contributed by atoms with Gasteiger partial charge in [0, 0.05) is 50.2 Å². The van der Waals surface area contributed by atoms with E-state index in [0.29, 0.717) is 11.6 Å². The lowest BCUT2D eigenvalue weighted by Gasteiger charge is -2.45. The molecule has 4 heteroatoms. The Morgan fingerprint density at radius 2 is 2.21 bits per heavy atom. The highest BCUT2D eigenvalue weighted by atomic mass is 15.3. The van der Waals surface area contributed by atoms with Crippen molar-refractivity contribution >= 4 is 0 Å². The third-order valence-electron chi connectivity index (χ3n) is 4.86. The van der Waals surface area contributed by atoms with Crippen molar-refractivity contribution in [2.45, 2.75) is 51.2 Å². The number of hydrogen-bond donors (Lipinski definition) is 1. The molecule has 0 amide bonds. The first kappa shape index (κ1) is 13.1. The Morgan fingerprint density at radius 3 is 2.89 bits per heavy atom. The van der Waals surface area contributed by atoms with Crippen LogP contribution in [0.3, 0.4) is 0 Å². The highest BCUT2D eigenvalue weighted by Gasteiger charge is 2.44. The molecule has 0 spiro atoms. The summed E-state index contributed by atoms with van der Waals surface area (Å²) in [6.45, 7) is 9.39. The van der Waals surface area contributed by atoms with Gasteiger partial charge in [-0.25, -0.2) is 4.98 Å². The number of aromatic nitrogens is 2. The third-order valence-corrected chi connectivity index (χ3v) is 4.86. The van der Waals surface area contributed by atoms with Crippen LogP contribution in [0.2, 0.25) is 0 Å². The van der Waals surface area contributed by atoms with Crippen LogP contribution >= 0.6 is 0 Å². The van der Waals surface area contributed by atoms with E-state index in [0.717, 1.165) is 19.0 Å². The lowest BCUT2D eigenvalue weighted by atomic mass is 9.91. The molecule has 1 aliphatic heterocycles. The Bertz CT molecular complexity index is 398. The third kappa shape index (κ3) is 3.00. The van der Waals surface area contributed by atoms with Crippen molar-refractivity contribution in [3.05, 3.63) is 18.7 Å². The maximum atomic E-state index is 4.10. The van der Waals surface area contributed by atoms with Crippen LogP contribution < -0.4 is 5.32 Å². The normalized spacial score (nSPS) is 32.6. The number of hydrogen-bond acceptors (Lipinski definition) is 3. The SMILES string of the molecule is CC1CNC(C)(C2CC2)CN1CCCn1ccnc1. The molecule has 2 heterocycles. The molecule has 1 N–H and O–H groups in total. The summed E-state index contributed by atoms with van der Waals surface area (Å²) in [6, 6.07) is 0.662. The van der Waals surface area contributed by atoms with Crippen LogP contribution in [0.15, 0.2) is 18.7 Å². The van der Waals surface area contributed by atoms with Gasteiger partial charge in [0.2, 0.25) is 0 Å². The topological polar surface area (TPSA) is 33.1 Å². The van der Waals surface area contributed by atoms with Gasteiger partial charge in [-0.2, -0.15) is 0 Å². The first-order valence-corrected chi connectivity index (χ1v) is 7.62. The van der Waals surface area contributed by atoms with Gasteiger partial charge >= 0.3 is 0 Å². The van der Waals surface area contributed by atoms with Gasteiger partial charge in [0.1, 0.15) is 0 Å². The smallest absolute Gasteiger partial charge is 0.0945 e. The molecule has 0 radical (unpaired) electrons. The Hall–Kier alpha value is -0.870. The summed E-state index contributed by atoms with van der Waals surface area (Å²) in [6.07, 6.45) is 9.87. The molecular formula is C15H26N4. The second-order valence-electron chi connectivity index (χ2n) is 6.55.